The highest BCUT2D eigenvalue weighted by molar-refractivity contribution is 5.79. The number of hydrogen-bond donors (Lipinski definition) is 0. The number of hydrogen-bond acceptors (Lipinski definition) is 6. The number of nitrogens with zero attached hydrogens (tertiary/aromatic N) is 7. The number of aryl methyl sites for hydroxylation is 2. The summed E-state index contributed by atoms with van der Waals surface area (Å²) in [5.41, 5.74) is 6.01. The lowest BCUT2D eigenvalue weighted by Gasteiger charge is -2.41. The van der Waals surface area contributed by atoms with Crippen molar-refractivity contribution in [3.63, 3.8) is 0 Å². The predicted octanol–water partition coefficient (Wildman–Crippen LogP) is 4.89. The average molecular weight is 470 g/mol. The minimum atomic E-state index is -0.171. The minimum Gasteiger partial charge on any atom is -0.369 e. The molecule has 0 amide bonds. The maximum Gasteiger partial charge on any atom is 0.173 e. The fourth-order valence-corrected chi connectivity index (χ4v) is 5.01. The molecule has 1 saturated heterocycles. The molecule has 0 N–H and O–H groups in total. The molecule has 1 aliphatic heterocycles. The molecule has 1 fully saturated rings. The summed E-state index contributed by atoms with van der Waals surface area (Å²) >= 11 is 0. The fourth-order valence-electron chi connectivity index (χ4n) is 5.01. The monoisotopic (exact) mass is 469 g/mol. The van der Waals surface area contributed by atoms with E-state index in [1.807, 2.05) is 16.9 Å². The van der Waals surface area contributed by atoms with Crippen LogP contribution in [0.15, 0.2) is 54.7 Å². The molecule has 0 bridgehead atoms. The van der Waals surface area contributed by atoms with Gasteiger partial charge < -0.3 is 4.90 Å². The second-order valence-corrected chi connectivity index (χ2v) is 10.3. The average Bonchev–Trinajstić information content (AvgIpc) is 3.36. The van der Waals surface area contributed by atoms with Gasteiger partial charge in [0, 0.05) is 43.4 Å². The van der Waals surface area contributed by atoms with E-state index >= 15 is 0 Å². The van der Waals surface area contributed by atoms with E-state index in [-0.39, 0.29) is 11.6 Å². The van der Waals surface area contributed by atoms with E-state index in [1.54, 1.807) is 0 Å². The first-order chi connectivity index (χ1) is 16.9. The molecule has 0 aliphatic carbocycles. The molecule has 182 valence electrons. The van der Waals surface area contributed by atoms with Gasteiger partial charge in [0.2, 0.25) is 0 Å². The Morgan fingerprint density at radius 2 is 1.77 bits per heavy atom. The Morgan fingerprint density at radius 3 is 2.54 bits per heavy atom. The Morgan fingerprint density at radius 1 is 0.971 bits per heavy atom. The fraction of sp³-hybridized carbons (Fsp3) is 0.429. The minimum absolute atomic E-state index is 0.0267. The zero-order valence-corrected chi connectivity index (χ0v) is 21.4. The van der Waals surface area contributed by atoms with Crippen LogP contribution in [0.1, 0.15) is 55.7 Å². The normalized spacial score (nSPS) is 16.1. The topological polar surface area (TPSA) is 63.0 Å². The summed E-state index contributed by atoms with van der Waals surface area (Å²) in [7, 11) is 0. The zero-order chi connectivity index (χ0) is 24.6. The number of anilines is 1. The first kappa shape index (κ1) is 23.4. The van der Waals surface area contributed by atoms with E-state index in [1.165, 1.54) is 22.4 Å². The molecule has 2 aromatic carbocycles. The van der Waals surface area contributed by atoms with Crippen molar-refractivity contribution in [2.75, 3.05) is 31.1 Å². The van der Waals surface area contributed by atoms with Crippen molar-refractivity contribution in [2.45, 2.75) is 52.6 Å². The van der Waals surface area contributed by atoms with Gasteiger partial charge in [-0.15, -0.1) is 5.10 Å². The van der Waals surface area contributed by atoms with Gasteiger partial charge in [-0.3, -0.25) is 9.88 Å². The van der Waals surface area contributed by atoms with Crippen molar-refractivity contribution in [1.82, 2.24) is 30.1 Å². The molecular formula is C28H35N7. The Bertz CT molecular complexity index is 1320. The van der Waals surface area contributed by atoms with E-state index in [0.717, 1.165) is 49.3 Å². The van der Waals surface area contributed by atoms with Crippen LogP contribution in [0.5, 0.6) is 0 Å². The summed E-state index contributed by atoms with van der Waals surface area (Å²) in [6, 6.07) is 17.4. The molecule has 0 unspecified atom stereocenters. The predicted molar refractivity (Wildman–Crippen MR) is 141 cm³/mol. The van der Waals surface area contributed by atoms with Crippen LogP contribution in [-0.2, 0) is 5.54 Å². The molecule has 3 heterocycles. The van der Waals surface area contributed by atoms with E-state index in [2.05, 4.69) is 107 Å². The van der Waals surface area contributed by atoms with Crippen LogP contribution in [0.2, 0.25) is 0 Å². The molecule has 35 heavy (non-hydrogen) atoms. The molecule has 1 aliphatic rings. The summed E-state index contributed by atoms with van der Waals surface area (Å²) < 4.78 is 2.03. The van der Waals surface area contributed by atoms with Crippen molar-refractivity contribution in [3.05, 3.63) is 77.2 Å². The summed E-state index contributed by atoms with van der Waals surface area (Å²) in [6.45, 7) is 14.8. The van der Waals surface area contributed by atoms with E-state index in [4.69, 9.17) is 0 Å². The van der Waals surface area contributed by atoms with Crippen LogP contribution in [0.25, 0.3) is 10.9 Å². The molecule has 7 heteroatoms. The third kappa shape index (κ3) is 4.52. The van der Waals surface area contributed by atoms with E-state index in [9.17, 15) is 0 Å². The Hall–Kier alpha value is -3.32. The summed E-state index contributed by atoms with van der Waals surface area (Å²) in [4.78, 5) is 9.57. The molecule has 0 saturated carbocycles. The smallest absolute Gasteiger partial charge is 0.173 e. The molecule has 7 nitrogen and oxygen atoms in total. The lowest BCUT2D eigenvalue weighted by atomic mass is 9.98. The molecule has 0 radical (unpaired) electrons. The van der Waals surface area contributed by atoms with Crippen LogP contribution < -0.4 is 4.90 Å². The van der Waals surface area contributed by atoms with Gasteiger partial charge in [-0.25, -0.2) is 4.68 Å². The van der Waals surface area contributed by atoms with Crippen LogP contribution in [0.4, 0.5) is 5.69 Å². The molecule has 2 aromatic heterocycles. The number of fused-ring (bicyclic) bond motifs is 1. The summed E-state index contributed by atoms with van der Waals surface area (Å²) in [5.74, 6) is 0.903. The van der Waals surface area contributed by atoms with Crippen LogP contribution in [-0.4, -0.2) is 56.3 Å². The highest BCUT2D eigenvalue weighted by Gasteiger charge is 2.34. The number of benzene rings is 2. The standard InChI is InChI=1S/C28H35N7/c1-6-28(4,5)35-27(30-31-32-35)26(23-11-12-24-22(19-23)8-7-13-29-24)34-16-14-33(15-17-34)25-18-20(2)9-10-21(25)3/h7-13,18-19,26H,6,14-17H2,1-5H3/t26-/m1/s1. The van der Waals surface area contributed by atoms with Gasteiger partial charge in [0.15, 0.2) is 5.82 Å². The van der Waals surface area contributed by atoms with Crippen molar-refractivity contribution in [3.8, 4) is 0 Å². The molecule has 0 spiro atoms. The van der Waals surface area contributed by atoms with Crippen molar-refractivity contribution in [2.24, 2.45) is 0 Å². The number of rotatable bonds is 6. The first-order valence-electron chi connectivity index (χ1n) is 12.6. The number of aromatic nitrogens is 5. The Balaban J connectivity index is 1.51. The van der Waals surface area contributed by atoms with Crippen LogP contribution >= 0.6 is 0 Å². The SMILES string of the molecule is CCC(C)(C)n1nnnc1[C@@H](c1ccc2ncccc2c1)N1CCN(c2cc(C)ccc2C)CC1. The van der Waals surface area contributed by atoms with Gasteiger partial charge in [0.1, 0.15) is 0 Å². The highest BCUT2D eigenvalue weighted by Crippen LogP contribution is 2.33. The van der Waals surface area contributed by atoms with Gasteiger partial charge in [-0.2, -0.15) is 0 Å². The number of piperazine rings is 1. The Kier molecular flexibility index (Phi) is 6.28. The van der Waals surface area contributed by atoms with Crippen LogP contribution in [0, 0.1) is 13.8 Å². The quantitative estimate of drug-likeness (QED) is 0.400. The van der Waals surface area contributed by atoms with E-state index < -0.39 is 0 Å². The van der Waals surface area contributed by atoms with E-state index in [0.29, 0.717) is 0 Å². The summed E-state index contributed by atoms with van der Waals surface area (Å²) in [5, 5.41) is 14.3. The number of tetrazole rings is 1. The second-order valence-electron chi connectivity index (χ2n) is 10.3. The van der Waals surface area contributed by atoms with Crippen molar-refractivity contribution < 1.29 is 0 Å². The van der Waals surface area contributed by atoms with Gasteiger partial charge in [0.05, 0.1) is 17.1 Å². The Labute approximate surface area is 207 Å². The molecular weight excluding hydrogens is 434 g/mol. The van der Waals surface area contributed by atoms with Gasteiger partial charge in [-0.1, -0.05) is 31.2 Å². The molecule has 5 rings (SSSR count). The van der Waals surface area contributed by atoms with Crippen molar-refractivity contribution >= 4 is 16.6 Å². The largest absolute Gasteiger partial charge is 0.369 e. The molecule has 4 aromatic rings. The number of pyridine rings is 1. The molecule has 1 atom stereocenters. The van der Waals surface area contributed by atoms with Gasteiger partial charge in [0.25, 0.3) is 0 Å². The lowest BCUT2D eigenvalue weighted by Crippen LogP contribution is -2.49. The maximum absolute atomic E-state index is 4.60. The third-order valence-corrected chi connectivity index (χ3v) is 7.50. The first-order valence-corrected chi connectivity index (χ1v) is 12.6. The lowest BCUT2D eigenvalue weighted by molar-refractivity contribution is 0.187. The third-order valence-electron chi connectivity index (χ3n) is 7.50. The van der Waals surface area contributed by atoms with Crippen molar-refractivity contribution in [1.29, 1.82) is 0 Å². The van der Waals surface area contributed by atoms with Gasteiger partial charge in [-0.05, 0) is 85.5 Å². The van der Waals surface area contributed by atoms with Gasteiger partial charge >= 0.3 is 0 Å². The summed E-state index contributed by atoms with van der Waals surface area (Å²) in [6.07, 6.45) is 2.79. The second kappa shape index (κ2) is 9.38. The maximum atomic E-state index is 4.60. The van der Waals surface area contributed by atoms with Crippen LogP contribution in [0.3, 0.4) is 0 Å². The highest BCUT2D eigenvalue weighted by atomic mass is 15.6. The zero-order valence-electron chi connectivity index (χ0n) is 21.4.